The summed E-state index contributed by atoms with van der Waals surface area (Å²) >= 11 is 0. The topological polar surface area (TPSA) is 121 Å². The Morgan fingerprint density at radius 2 is 1.66 bits per heavy atom. The fourth-order valence-corrected chi connectivity index (χ4v) is 3.12. The van der Waals surface area contributed by atoms with E-state index < -0.39 is 11.9 Å². The van der Waals surface area contributed by atoms with Crippen molar-refractivity contribution >= 4 is 29.4 Å². The highest BCUT2D eigenvalue weighted by molar-refractivity contribution is 6.09. The maximum absolute atomic E-state index is 12.6. The van der Waals surface area contributed by atoms with Crippen LogP contribution in [0.25, 0.3) is 11.4 Å². The standard InChI is InChI=1S/C23H23N3O6/c1-5-30-22(28)16-12-24-19(15-10-8-7-9-11-15)25-20(16)26-21-18(23(29)31-6-2)17(13(3)27)14(4)32-21/h7-12H,5-6H2,1-4H3,(H,24,25,26). The van der Waals surface area contributed by atoms with Crippen molar-refractivity contribution in [2.75, 3.05) is 18.5 Å². The molecule has 0 radical (unpaired) electrons. The highest BCUT2D eigenvalue weighted by Crippen LogP contribution is 2.32. The van der Waals surface area contributed by atoms with Crippen LogP contribution < -0.4 is 5.32 Å². The van der Waals surface area contributed by atoms with E-state index in [1.54, 1.807) is 20.8 Å². The number of nitrogens with zero attached hydrogens (tertiary/aromatic N) is 2. The predicted molar refractivity (Wildman–Crippen MR) is 116 cm³/mol. The van der Waals surface area contributed by atoms with Crippen LogP contribution in [0.15, 0.2) is 40.9 Å². The Hall–Kier alpha value is -4.01. The summed E-state index contributed by atoms with van der Waals surface area (Å²) in [5.41, 5.74) is 0.795. The lowest BCUT2D eigenvalue weighted by atomic mass is 10.1. The average Bonchev–Trinajstić information content (AvgIpc) is 3.10. The lowest BCUT2D eigenvalue weighted by Crippen LogP contribution is -2.14. The second-order valence-corrected chi connectivity index (χ2v) is 6.68. The number of carbonyl (C=O) groups excluding carboxylic acids is 3. The van der Waals surface area contributed by atoms with Crippen molar-refractivity contribution in [3.05, 3.63) is 59.0 Å². The van der Waals surface area contributed by atoms with Crippen molar-refractivity contribution < 1.29 is 28.3 Å². The molecule has 2 heterocycles. The summed E-state index contributed by atoms with van der Waals surface area (Å²) in [5, 5.41) is 2.87. The van der Waals surface area contributed by atoms with Gasteiger partial charge in [0, 0.05) is 11.8 Å². The number of ether oxygens (including phenoxy) is 2. The average molecular weight is 437 g/mol. The van der Waals surface area contributed by atoms with Crippen LogP contribution >= 0.6 is 0 Å². The Bertz CT molecular complexity index is 1150. The van der Waals surface area contributed by atoms with E-state index in [1.807, 2.05) is 30.3 Å². The molecule has 0 spiro atoms. The van der Waals surface area contributed by atoms with Crippen molar-refractivity contribution in [3.8, 4) is 11.4 Å². The summed E-state index contributed by atoms with van der Waals surface area (Å²) in [5.74, 6) is -1.16. The minimum atomic E-state index is -0.730. The normalized spacial score (nSPS) is 10.5. The lowest BCUT2D eigenvalue weighted by molar-refractivity contribution is 0.0517. The van der Waals surface area contributed by atoms with E-state index in [1.165, 1.54) is 13.1 Å². The first-order chi connectivity index (χ1) is 15.4. The van der Waals surface area contributed by atoms with E-state index in [-0.39, 0.29) is 53.1 Å². The van der Waals surface area contributed by atoms with Gasteiger partial charge in [0.25, 0.3) is 0 Å². The zero-order valence-electron chi connectivity index (χ0n) is 18.2. The molecule has 0 aliphatic rings. The van der Waals surface area contributed by atoms with Gasteiger partial charge in [-0.2, -0.15) is 0 Å². The predicted octanol–water partition coefficient (Wildman–Crippen LogP) is 4.34. The number of anilines is 2. The van der Waals surface area contributed by atoms with Crippen molar-refractivity contribution in [2.45, 2.75) is 27.7 Å². The smallest absolute Gasteiger partial charge is 0.344 e. The molecule has 0 amide bonds. The second-order valence-electron chi connectivity index (χ2n) is 6.68. The van der Waals surface area contributed by atoms with Gasteiger partial charge < -0.3 is 19.2 Å². The van der Waals surface area contributed by atoms with Crippen LogP contribution in [0.4, 0.5) is 11.7 Å². The molecule has 1 N–H and O–H groups in total. The van der Waals surface area contributed by atoms with Gasteiger partial charge in [0.2, 0.25) is 5.88 Å². The quantitative estimate of drug-likeness (QED) is 0.405. The summed E-state index contributed by atoms with van der Waals surface area (Å²) < 4.78 is 15.9. The molecular weight excluding hydrogens is 414 g/mol. The summed E-state index contributed by atoms with van der Waals surface area (Å²) in [7, 11) is 0. The molecule has 9 nitrogen and oxygen atoms in total. The first-order valence-corrected chi connectivity index (χ1v) is 10.0. The number of nitrogens with one attached hydrogen (secondary N) is 1. The number of rotatable bonds is 8. The molecule has 0 unspecified atom stereocenters. The van der Waals surface area contributed by atoms with E-state index in [0.29, 0.717) is 5.82 Å². The number of Topliss-reactive ketones (excluding diaryl/α,β-unsaturated/α-hetero) is 1. The molecule has 0 saturated heterocycles. The molecule has 9 heteroatoms. The third kappa shape index (κ3) is 4.66. The number of hydrogen-bond donors (Lipinski definition) is 1. The Balaban J connectivity index is 2.14. The van der Waals surface area contributed by atoms with Crippen LogP contribution in [0.1, 0.15) is 57.6 Å². The molecule has 0 atom stereocenters. The Labute approximate surface area is 184 Å². The minimum absolute atomic E-state index is 0.0415. The first kappa shape index (κ1) is 22.7. The van der Waals surface area contributed by atoms with Gasteiger partial charge in [0.15, 0.2) is 17.4 Å². The first-order valence-electron chi connectivity index (χ1n) is 10.0. The molecule has 0 fully saturated rings. The third-order valence-electron chi connectivity index (χ3n) is 4.46. The number of furan rings is 1. The SMILES string of the molecule is CCOC(=O)c1cnc(-c2ccccc2)nc1Nc1oc(C)c(C(C)=O)c1C(=O)OCC. The van der Waals surface area contributed by atoms with Crippen LogP contribution in [0.3, 0.4) is 0 Å². The van der Waals surface area contributed by atoms with Crippen molar-refractivity contribution in [2.24, 2.45) is 0 Å². The lowest BCUT2D eigenvalue weighted by Gasteiger charge is -2.11. The zero-order valence-corrected chi connectivity index (χ0v) is 18.2. The second kappa shape index (κ2) is 9.86. The van der Waals surface area contributed by atoms with Crippen molar-refractivity contribution in [1.29, 1.82) is 0 Å². The highest BCUT2D eigenvalue weighted by atomic mass is 16.5. The minimum Gasteiger partial charge on any atom is -0.462 e. The molecule has 1 aromatic carbocycles. The number of hydrogen-bond acceptors (Lipinski definition) is 9. The van der Waals surface area contributed by atoms with Gasteiger partial charge in [-0.25, -0.2) is 19.6 Å². The van der Waals surface area contributed by atoms with E-state index in [9.17, 15) is 14.4 Å². The van der Waals surface area contributed by atoms with Crippen molar-refractivity contribution in [3.63, 3.8) is 0 Å². The molecule has 2 aromatic heterocycles. The Morgan fingerprint density at radius 1 is 1.00 bits per heavy atom. The molecule has 0 bridgehead atoms. The third-order valence-corrected chi connectivity index (χ3v) is 4.46. The van der Waals surface area contributed by atoms with Crippen LogP contribution in [0.5, 0.6) is 0 Å². The Kier molecular flexibility index (Phi) is 6.99. The maximum atomic E-state index is 12.6. The Morgan fingerprint density at radius 3 is 2.28 bits per heavy atom. The number of ketones is 1. The van der Waals surface area contributed by atoms with E-state index in [4.69, 9.17) is 13.9 Å². The fourth-order valence-electron chi connectivity index (χ4n) is 3.12. The maximum Gasteiger partial charge on any atom is 0.344 e. The van der Waals surface area contributed by atoms with Gasteiger partial charge in [-0.1, -0.05) is 30.3 Å². The molecule has 3 aromatic rings. The fraction of sp³-hybridized carbons (Fsp3) is 0.261. The van der Waals surface area contributed by atoms with Crippen LogP contribution in [0.2, 0.25) is 0 Å². The highest BCUT2D eigenvalue weighted by Gasteiger charge is 2.29. The summed E-state index contributed by atoms with van der Waals surface area (Å²) in [6.07, 6.45) is 1.33. The van der Waals surface area contributed by atoms with Gasteiger partial charge in [-0.15, -0.1) is 0 Å². The number of esters is 2. The summed E-state index contributed by atoms with van der Waals surface area (Å²) in [6, 6.07) is 9.16. The molecule has 32 heavy (non-hydrogen) atoms. The van der Waals surface area contributed by atoms with Gasteiger partial charge in [0.05, 0.1) is 18.8 Å². The number of aryl methyl sites for hydroxylation is 1. The van der Waals surface area contributed by atoms with E-state index in [2.05, 4.69) is 15.3 Å². The van der Waals surface area contributed by atoms with Crippen molar-refractivity contribution in [1.82, 2.24) is 9.97 Å². The molecule has 0 saturated carbocycles. The largest absolute Gasteiger partial charge is 0.462 e. The number of aromatic nitrogens is 2. The summed E-state index contributed by atoms with van der Waals surface area (Å²) in [6.45, 7) is 6.48. The van der Waals surface area contributed by atoms with Gasteiger partial charge >= 0.3 is 11.9 Å². The molecular formula is C23H23N3O6. The number of carbonyl (C=O) groups is 3. The number of benzene rings is 1. The van der Waals surface area contributed by atoms with Gasteiger partial charge in [-0.3, -0.25) is 4.79 Å². The van der Waals surface area contributed by atoms with Gasteiger partial charge in [0.1, 0.15) is 16.9 Å². The molecule has 0 aliphatic carbocycles. The monoisotopic (exact) mass is 437 g/mol. The van der Waals surface area contributed by atoms with Gasteiger partial charge in [-0.05, 0) is 27.7 Å². The van der Waals surface area contributed by atoms with Crippen LogP contribution in [-0.4, -0.2) is 40.9 Å². The van der Waals surface area contributed by atoms with Crippen LogP contribution in [-0.2, 0) is 9.47 Å². The van der Waals surface area contributed by atoms with E-state index in [0.717, 1.165) is 5.56 Å². The summed E-state index contributed by atoms with van der Waals surface area (Å²) in [4.78, 5) is 46.0. The molecule has 3 rings (SSSR count). The van der Waals surface area contributed by atoms with E-state index >= 15 is 0 Å². The molecule has 0 aliphatic heterocycles. The van der Waals surface area contributed by atoms with Crippen LogP contribution in [0, 0.1) is 6.92 Å². The molecule has 166 valence electrons. The zero-order chi connectivity index (χ0) is 23.3.